The molecule has 0 aliphatic rings. The standard InChI is InChI=1S/C24H27FN4O3S.C24H26FN3O3S/c1-14-12-15(2)21(16(3)13-14)32-23-17(10-11-18(27-23)24(4,5)6)22(30)29-33(26,31)20-9-7-8-19(25)28-20;1-14-12-15(2)21(16(3)13-14)31-23-17(10-11-18(26-23)24(4,5)6)22(29)28-32(30)20-9-7-8-19(25)27-20/h7-13H,1-6H3,(H2,26,29,30,31);7-13H,1-6H3,(H,28,29). The van der Waals surface area contributed by atoms with Gasteiger partial charge in [-0.3, -0.25) is 19.0 Å². The van der Waals surface area contributed by atoms with Gasteiger partial charge in [0.2, 0.25) is 23.7 Å². The van der Waals surface area contributed by atoms with Gasteiger partial charge >= 0.3 is 0 Å². The van der Waals surface area contributed by atoms with E-state index in [1.165, 1.54) is 30.3 Å². The van der Waals surface area contributed by atoms with Crippen molar-refractivity contribution in [2.45, 2.75) is 104 Å². The molecule has 13 nitrogen and oxygen atoms in total. The molecule has 0 aliphatic heterocycles. The Morgan fingerprint density at radius 1 is 0.615 bits per heavy atom. The zero-order valence-corrected chi connectivity index (χ0v) is 40.0. The molecule has 4 heterocycles. The molecule has 0 saturated carbocycles. The molecule has 2 unspecified atom stereocenters. The lowest BCUT2D eigenvalue weighted by molar-refractivity contribution is 0.0970. The number of halogens is 2. The van der Waals surface area contributed by atoms with Crippen molar-refractivity contribution in [3.63, 3.8) is 0 Å². The molecule has 6 rings (SSSR count). The van der Waals surface area contributed by atoms with Gasteiger partial charge < -0.3 is 9.47 Å². The van der Waals surface area contributed by atoms with E-state index >= 15 is 0 Å². The van der Waals surface area contributed by atoms with Gasteiger partial charge in [-0.2, -0.15) is 8.78 Å². The number of aromatic nitrogens is 4. The third kappa shape index (κ3) is 12.6. The fourth-order valence-corrected chi connectivity index (χ4v) is 8.26. The first-order valence-electron chi connectivity index (χ1n) is 20.4. The van der Waals surface area contributed by atoms with E-state index in [2.05, 4.69) is 29.4 Å². The lowest BCUT2D eigenvalue weighted by Crippen LogP contribution is -2.31. The molecule has 0 spiro atoms. The van der Waals surface area contributed by atoms with E-state index in [1.807, 2.05) is 107 Å². The summed E-state index contributed by atoms with van der Waals surface area (Å²) in [4.78, 5) is 42.2. The maximum absolute atomic E-state index is 13.5. The normalized spacial score (nSPS) is 12.8. The average Bonchev–Trinajstić information content (AvgIpc) is 3.19. The minimum atomic E-state index is -3.91. The van der Waals surface area contributed by atoms with Crippen LogP contribution in [0.15, 0.2) is 95.0 Å². The monoisotopic (exact) mass is 925 g/mol. The molecule has 4 aromatic heterocycles. The lowest BCUT2D eigenvalue weighted by atomic mass is 9.91. The number of carbonyl (C=O) groups excluding carboxylic acids is 2. The first-order valence-corrected chi connectivity index (χ1v) is 23.1. The number of hydrogen-bond donors (Lipinski definition) is 3. The summed E-state index contributed by atoms with van der Waals surface area (Å²) in [7, 11) is -5.96. The van der Waals surface area contributed by atoms with Crippen molar-refractivity contribution in [2.24, 2.45) is 0 Å². The highest BCUT2D eigenvalue weighted by Crippen LogP contribution is 2.35. The highest BCUT2D eigenvalue weighted by molar-refractivity contribution is 7.91. The van der Waals surface area contributed by atoms with Crippen LogP contribution in [0.5, 0.6) is 23.3 Å². The van der Waals surface area contributed by atoms with Gasteiger partial charge in [-0.25, -0.2) is 33.1 Å². The molecule has 0 bridgehead atoms. The van der Waals surface area contributed by atoms with Crippen molar-refractivity contribution in [2.75, 3.05) is 0 Å². The zero-order chi connectivity index (χ0) is 48.2. The summed E-state index contributed by atoms with van der Waals surface area (Å²) in [5, 5.41) is -0.479. The van der Waals surface area contributed by atoms with Crippen LogP contribution in [0.3, 0.4) is 0 Å². The van der Waals surface area contributed by atoms with Crippen LogP contribution in [0.1, 0.15) is 107 Å². The molecule has 2 atom stereocenters. The van der Waals surface area contributed by atoms with Crippen LogP contribution in [0.2, 0.25) is 0 Å². The topological polar surface area (TPSA) is 186 Å². The molecule has 0 radical (unpaired) electrons. The van der Waals surface area contributed by atoms with Crippen molar-refractivity contribution in [3.05, 3.63) is 153 Å². The smallest absolute Gasteiger partial charge is 0.269 e. The number of nitrogens with zero attached hydrogens (tertiary/aromatic N) is 4. The molecule has 0 aliphatic carbocycles. The highest BCUT2D eigenvalue weighted by atomic mass is 32.2. The van der Waals surface area contributed by atoms with Gasteiger partial charge in [-0.1, -0.05) is 89.1 Å². The Bertz CT molecular complexity index is 2890. The van der Waals surface area contributed by atoms with Gasteiger partial charge in [0.1, 0.15) is 22.6 Å². The fourth-order valence-electron chi connectivity index (χ4n) is 6.54. The molecule has 0 fully saturated rings. The number of rotatable bonds is 10. The third-order valence-corrected chi connectivity index (χ3v) is 11.9. The van der Waals surface area contributed by atoms with Gasteiger partial charge in [0, 0.05) is 22.2 Å². The molecule has 65 heavy (non-hydrogen) atoms. The van der Waals surface area contributed by atoms with Gasteiger partial charge in [-0.05, 0) is 112 Å². The zero-order valence-electron chi connectivity index (χ0n) is 38.4. The second-order valence-electron chi connectivity index (χ2n) is 17.5. The molecule has 342 valence electrons. The van der Waals surface area contributed by atoms with Crippen molar-refractivity contribution >= 4 is 32.7 Å². The Morgan fingerprint density at radius 3 is 1.45 bits per heavy atom. The predicted molar refractivity (Wildman–Crippen MR) is 246 cm³/mol. The first kappa shape index (κ1) is 49.6. The van der Waals surface area contributed by atoms with Gasteiger partial charge in [-0.15, -0.1) is 0 Å². The maximum atomic E-state index is 13.5. The van der Waals surface area contributed by atoms with Crippen LogP contribution in [-0.2, 0) is 31.7 Å². The summed E-state index contributed by atoms with van der Waals surface area (Å²) in [5.74, 6) is -1.89. The summed E-state index contributed by atoms with van der Waals surface area (Å²) >= 11 is 0. The van der Waals surface area contributed by atoms with Gasteiger partial charge in [0.25, 0.3) is 11.8 Å². The largest absolute Gasteiger partial charge is 0.438 e. The average molecular weight is 926 g/mol. The van der Waals surface area contributed by atoms with Gasteiger partial charge in [0.15, 0.2) is 31.0 Å². The molecule has 2 amide bonds. The highest BCUT2D eigenvalue weighted by Gasteiger charge is 2.27. The third-order valence-electron chi connectivity index (χ3n) is 9.64. The van der Waals surface area contributed by atoms with Crippen LogP contribution in [0.25, 0.3) is 0 Å². The van der Waals surface area contributed by atoms with Gasteiger partial charge in [0.05, 0.1) is 0 Å². The number of hydrogen-bond acceptors (Lipinski definition) is 11. The van der Waals surface area contributed by atoms with E-state index in [0.717, 1.165) is 51.2 Å². The van der Waals surface area contributed by atoms with E-state index in [1.54, 1.807) is 18.2 Å². The number of carbonyl (C=O) groups is 2. The van der Waals surface area contributed by atoms with Crippen molar-refractivity contribution in [1.82, 2.24) is 29.4 Å². The number of nitrogens with one attached hydrogen (secondary N) is 3. The summed E-state index contributed by atoms with van der Waals surface area (Å²) in [6.45, 7) is 23.6. The summed E-state index contributed by atoms with van der Waals surface area (Å²) in [6.07, 6.45) is 0. The predicted octanol–water partition coefficient (Wildman–Crippen LogP) is 10.5. The van der Waals surface area contributed by atoms with Crippen LogP contribution in [-0.4, -0.2) is 40.2 Å². The molecular weight excluding hydrogens is 873 g/mol. The number of aryl methyl sites for hydroxylation is 6. The molecular formula is C48H53F2N7O6S2. The summed E-state index contributed by atoms with van der Waals surface area (Å²) < 4.78 is 77.0. The van der Waals surface area contributed by atoms with Crippen molar-refractivity contribution < 1.29 is 36.3 Å². The Labute approximate surface area is 381 Å². The first-order chi connectivity index (χ1) is 30.2. The molecule has 6 aromatic rings. The van der Waals surface area contributed by atoms with Crippen LogP contribution < -0.4 is 18.9 Å². The lowest BCUT2D eigenvalue weighted by Gasteiger charge is -2.21. The van der Waals surface area contributed by atoms with E-state index in [4.69, 9.17) is 14.3 Å². The minimum Gasteiger partial charge on any atom is -0.438 e. The number of amides is 2. The van der Waals surface area contributed by atoms with Crippen molar-refractivity contribution in [1.29, 1.82) is 4.78 Å². The molecule has 3 N–H and O–H groups in total. The van der Waals surface area contributed by atoms with E-state index in [-0.39, 0.29) is 43.8 Å². The fraction of sp³-hybridized carbons (Fsp3) is 0.292. The molecule has 0 saturated heterocycles. The molecule has 17 heteroatoms. The van der Waals surface area contributed by atoms with E-state index in [0.29, 0.717) is 17.2 Å². The van der Waals surface area contributed by atoms with Crippen molar-refractivity contribution in [3.8, 4) is 23.3 Å². The summed E-state index contributed by atoms with van der Waals surface area (Å²) in [5.41, 5.74) is 6.66. The van der Waals surface area contributed by atoms with E-state index < -0.39 is 44.6 Å². The van der Waals surface area contributed by atoms with Crippen LogP contribution in [0.4, 0.5) is 8.78 Å². The quantitative estimate of drug-likeness (QED) is 0.112. The second kappa shape index (κ2) is 19.7. The Kier molecular flexibility index (Phi) is 15.0. The Hall–Kier alpha value is -6.46. The summed E-state index contributed by atoms with van der Waals surface area (Å²) in [6, 6.07) is 21.9. The number of benzene rings is 2. The number of ether oxygens (including phenoxy) is 2. The van der Waals surface area contributed by atoms with Crippen LogP contribution >= 0.6 is 0 Å². The molecule has 2 aromatic carbocycles. The Balaban J connectivity index is 0.000000244. The minimum absolute atomic E-state index is 0.00115. The number of pyridine rings is 4. The Morgan fingerprint density at radius 2 is 1.03 bits per heavy atom. The van der Waals surface area contributed by atoms with E-state index in [9.17, 15) is 26.8 Å². The van der Waals surface area contributed by atoms with Crippen LogP contribution in [0, 0.1) is 58.2 Å². The second-order valence-corrected chi connectivity index (χ2v) is 20.4. The maximum Gasteiger partial charge on any atom is 0.269 e. The SMILES string of the molecule is Cc1cc(C)c(Oc2nc(C(C)(C)C)ccc2C(=O)NS(=N)(=O)c2cccc(F)n2)c(C)c1.Cc1cc(C)c(Oc2nc(C(C)(C)C)ccc2C(=O)NS(=O)c2cccc(F)n2)c(C)c1.